The fourth-order valence-electron chi connectivity index (χ4n) is 1.02. The van der Waals surface area contributed by atoms with E-state index in [1.807, 2.05) is 6.92 Å². The van der Waals surface area contributed by atoms with E-state index in [1.54, 1.807) is 12.3 Å². The van der Waals surface area contributed by atoms with Crippen molar-refractivity contribution < 1.29 is 4.79 Å². The molecule has 0 aliphatic heterocycles. The molecule has 82 valence electrons. The number of nitrogens with two attached hydrogens (primary N) is 1. The summed E-state index contributed by atoms with van der Waals surface area (Å²) < 4.78 is 0. The fourth-order valence-corrected chi connectivity index (χ4v) is 1.92. The Morgan fingerprint density at radius 3 is 3.07 bits per heavy atom. The molecule has 0 spiro atoms. The van der Waals surface area contributed by atoms with Crippen molar-refractivity contribution in [3.8, 4) is 0 Å². The highest BCUT2D eigenvalue weighted by molar-refractivity contribution is 7.99. The molecule has 1 amide bonds. The molecule has 15 heavy (non-hydrogen) atoms. The van der Waals surface area contributed by atoms with Crippen LogP contribution in [0.15, 0.2) is 23.6 Å². The monoisotopic (exact) mass is 226 g/mol. The number of carbonyl (C=O) groups excluding carboxylic acids is 1. The van der Waals surface area contributed by atoms with Crippen molar-refractivity contribution in [1.82, 2.24) is 15.3 Å². The number of thioether (sulfide) groups is 1. The number of hydrogen-bond acceptors (Lipinski definition) is 5. The molecule has 1 aromatic rings. The molecule has 6 heteroatoms. The van der Waals surface area contributed by atoms with E-state index in [1.165, 1.54) is 18.1 Å². The van der Waals surface area contributed by atoms with Gasteiger partial charge in [-0.1, -0.05) is 6.92 Å². The second kappa shape index (κ2) is 6.36. The summed E-state index contributed by atoms with van der Waals surface area (Å²) in [7, 11) is 0. The van der Waals surface area contributed by atoms with E-state index >= 15 is 0 Å². The van der Waals surface area contributed by atoms with Gasteiger partial charge < -0.3 is 11.1 Å². The molecule has 0 radical (unpaired) electrons. The molecule has 0 aliphatic carbocycles. The van der Waals surface area contributed by atoms with Gasteiger partial charge >= 0.3 is 0 Å². The third kappa shape index (κ3) is 4.26. The Bertz CT molecular complexity index is 306. The largest absolute Gasteiger partial charge is 0.368 e. The molecule has 3 N–H and O–H groups in total. The predicted octanol–water partition coefficient (Wildman–Crippen LogP) is 0.0321. The molecule has 0 saturated carbocycles. The highest BCUT2D eigenvalue weighted by atomic mass is 32.2. The Kier molecular flexibility index (Phi) is 5.06. The van der Waals surface area contributed by atoms with Gasteiger partial charge in [0, 0.05) is 11.9 Å². The number of aromatic nitrogens is 2. The number of hydrogen-bond donors (Lipinski definition) is 2. The van der Waals surface area contributed by atoms with Gasteiger partial charge in [0.2, 0.25) is 5.91 Å². The second-order valence-electron chi connectivity index (χ2n) is 2.87. The van der Waals surface area contributed by atoms with Gasteiger partial charge in [0.05, 0.1) is 11.1 Å². The number of rotatable bonds is 6. The minimum Gasteiger partial charge on any atom is -0.368 e. The average Bonchev–Trinajstić information content (AvgIpc) is 2.25. The van der Waals surface area contributed by atoms with Crippen LogP contribution in [-0.2, 0) is 4.79 Å². The Labute approximate surface area is 92.9 Å². The Hall–Kier alpha value is -1.14. The maximum atomic E-state index is 11.0. The summed E-state index contributed by atoms with van der Waals surface area (Å²) in [5.74, 6) is 0.249. The summed E-state index contributed by atoms with van der Waals surface area (Å²) in [5, 5.41) is 3.86. The summed E-state index contributed by atoms with van der Waals surface area (Å²) >= 11 is 1.48. The summed E-state index contributed by atoms with van der Waals surface area (Å²) in [5.41, 5.74) is 5.24. The molecular weight excluding hydrogens is 212 g/mol. The molecule has 0 bridgehead atoms. The third-order valence-electron chi connectivity index (χ3n) is 1.75. The first-order valence-corrected chi connectivity index (χ1v) is 5.64. The van der Waals surface area contributed by atoms with Crippen LogP contribution in [0.3, 0.4) is 0 Å². The van der Waals surface area contributed by atoms with Crippen LogP contribution in [0.5, 0.6) is 0 Å². The first-order valence-electron chi connectivity index (χ1n) is 4.65. The molecule has 1 aromatic heterocycles. The molecule has 1 unspecified atom stereocenters. The van der Waals surface area contributed by atoms with Gasteiger partial charge in [0.25, 0.3) is 0 Å². The average molecular weight is 226 g/mol. The smallest absolute Gasteiger partial charge is 0.235 e. The minimum atomic E-state index is -0.335. The zero-order valence-corrected chi connectivity index (χ0v) is 9.33. The van der Waals surface area contributed by atoms with Crippen LogP contribution in [0.1, 0.15) is 6.92 Å². The zero-order valence-electron chi connectivity index (χ0n) is 8.51. The van der Waals surface area contributed by atoms with Crippen molar-refractivity contribution in [2.45, 2.75) is 18.0 Å². The van der Waals surface area contributed by atoms with E-state index in [0.717, 1.165) is 11.6 Å². The molecule has 0 fully saturated rings. The van der Waals surface area contributed by atoms with Crippen molar-refractivity contribution in [2.75, 3.05) is 12.3 Å². The lowest BCUT2D eigenvalue weighted by Gasteiger charge is -2.12. The third-order valence-corrected chi connectivity index (χ3v) is 2.78. The van der Waals surface area contributed by atoms with Gasteiger partial charge in [0.15, 0.2) is 0 Å². The lowest BCUT2D eigenvalue weighted by atomic mass is 10.3. The van der Waals surface area contributed by atoms with E-state index in [9.17, 15) is 4.79 Å². The number of amides is 1. The molecular formula is C9H14N4OS. The normalized spacial score (nSPS) is 12.3. The van der Waals surface area contributed by atoms with Crippen molar-refractivity contribution in [2.24, 2.45) is 5.73 Å². The number of primary amides is 1. The van der Waals surface area contributed by atoms with Gasteiger partial charge in [-0.3, -0.25) is 4.79 Å². The Morgan fingerprint density at radius 2 is 2.53 bits per heavy atom. The van der Waals surface area contributed by atoms with Crippen molar-refractivity contribution >= 4 is 17.7 Å². The topological polar surface area (TPSA) is 80.9 Å². The van der Waals surface area contributed by atoms with Crippen LogP contribution < -0.4 is 11.1 Å². The molecule has 1 heterocycles. The maximum absolute atomic E-state index is 11.0. The maximum Gasteiger partial charge on any atom is 0.235 e. The second-order valence-corrected chi connectivity index (χ2v) is 3.91. The molecule has 0 aliphatic rings. The van der Waals surface area contributed by atoms with Crippen LogP contribution in [0, 0.1) is 0 Å². The van der Waals surface area contributed by atoms with E-state index < -0.39 is 0 Å². The SMILES string of the molecule is CCNC(CSc1ccncn1)C(N)=O. The van der Waals surface area contributed by atoms with Crippen molar-refractivity contribution in [3.63, 3.8) is 0 Å². The zero-order chi connectivity index (χ0) is 11.1. The predicted molar refractivity (Wildman–Crippen MR) is 59.4 cm³/mol. The van der Waals surface area contributed by atoms with Crippen molar-refractivity contribution in [1.29, 1.82) is 0 Å². The standard InChI is InChI=1S/C9H14N4OS/c1-2-12-7(9(10)14)5-15-8-3-4-11-6-13-8/h3-4,6-7,12H,2,5H2,1H3,(H2,10,14). The highest BCUT2D eigenvalue weighted by Crippen LogP contribution is 2.14. The van der Waals surface area contributed by atoms with Crippen molar-refractivity contribution in [3.05, 3.63) is 18.6 Å². The van der Waals surface area contributed by atoms with Gasteiger partial charge in [-0.05, 0) is 12.6 Å². The van der Waals surface area contributed by atoms with Gasteiger partial charge in [-0.2, -0.15) is 0 Å². The highest BCUT2D eigenvalue weighted by Gasteiger charge is 2.13. The van der Waals surface area contributed by atoms with Crippen LogP contribution in [0.4, 0.5) is 0 Å². The number of likely N-dealkylation sites (N-methyl/N-ethyl adjacent to an activating group) is 1. The molecule has 0 aromatic carbocycles. The summed E-state index contributed by atoms with van der Waals surface area (Å²) in [6, 6.07) is 1.49. The summed E-state index contributed by atoms with van der Waals surface area (Å²) in [6.07, 6.45) is 3.15. The van der Waals surface area contributed by atoms with Crippen LogP contribution in [-0.4, -0.2) is 34.2 Å². The Balaban J connectivity index is 2.43. The summed E-state index contributed by atoms with van der Waals surface area (Å²) in [4.78, 5) is 18.9. The minimum absolute atomic E-state index is 0.310. The van der Waals surface area contributed by atoms with Crippen LogP contribution >= 0.6 is 11.8 Å². The van der Waals surface area contributed by atoms with Gasteiger partial charge in [0.1, 0.15) is 6.33 Å². The quantitative estimate of drug-likeness (QED) is 0.528. The molecule has 1 rings (SSSR count). The number of carbonyl (C=O) groups is 1. The first kappa shape index (κ1) is 11.9. The van der Waals surface area contributed by atoms with Crippen LogP contribution in [0.2, 0.25) is 0 Å². The number of nitrogens with one attached hydrogen (secondary N) is 1. The fraction of sp³-hybridized carbons (Fsp3) is 0.444. The lowest BCUT2D eigenvalue weighted by Crippen LogP contribution is -2.43. The van der Waals surface area contributed by atoms with E-state index in [-0.39, 0.29) is 11.9 Å². The van der Waals surface area contributed by atoms with E-state index in [0.29, 0.717) is 5.75 Å². The molecule has 0 saturated heterocycles. The molecule has 5 nitrogen and oxygen atoms in total. The summed E-state index contributed by atoms with van der Waals surface area (Å²) in [6.45, 7) is 2.66. The van der Waals surface area contributed by atoms with E-state index in [4.69, 9.17) is 5.73 Å². The Morgan fingerprint density at radius 1 is 1.73 bits per heavy atom. The van der Waals surface area contributed by atoms with E-state index in [2.05, 4.69) is 15.3 Å². The van der Waals surface area contributed by atoms with Crippen LogP contribution in [0.25, 0.3) is 0 Å². The van der Waals surface area contributed by atoms with Gasteiger partial charge in [-0.25, -0.2) is 9.97 Å². The lowest BCUT2D eigenvalue weighted by molar-refractivity contribution is -0.119. The first-order chi connectivity index (χ1) is 7.24. The number of nitrogens with zero attached hydrogens (tertiary/aromatic N) is 2. The van der Waals surface area contributed by atoms with Gasteiger partial charge in [-0.15, -0.1) is 11.8 Å². The molecule has 1 atom stereocenters.